The van der Waals surface area contributed by atoms with Crippen LogP contribution in [0.1, 0.15) is 23.6 Å². The summed E-state index contributed by atoms with van der Waals surface area (Å²) < 4.78 is 0. The van der Waals surface area contributed by atoms with Crippen molar-refractivity contribution in [3.8, 4) is 0 Å². The SMILES string of the molecule is O=C1CSc2ccc([C@H]3NC(=O)NC(CCc4ccccc4Cl)=C3C(=O)O)cc2N1. The third kappa shape index (κ3) is 4.15. The van der Waals surface area contributed by atoms with E-state index in [1.165, 1.54) is 11.8 Å². The highest BCUT2D eigenvalue weighted by Gasteiger charge is 2.33. The molecule has 2 aromatic carbocycles. The number of carbonyl (C=O) groups is 3. The van der Waals surface area contributed by atoms with Crippen LogP contribution in [0.4, 0.5) is 10.5 Å². The molecule has 9 heteroatoms. The highest BCUT2D eigenvalue weighted by Crippen LogP contribution is 2.36. The summed E-state index contributed by atoms with van der Waals surface area (Å²) in [5.41, 5.74) is 2.47. The molecule has 2 aromatic rings. The average molecular weight is 444 g/mol. The highest BCUT2D eigenvalue weighted by atomic mass is 35.5. The molecule has 154 valence electrons. The summed E-state index contributed by atoms with van der Waals surface area (Å²) in [4.78, 5) is 37.0. The number of carbonyl (C=O) groups excluding carboxylic acids is 2. The molecule has 1 atom stereocenters. The maximum atomic E-state index is 12.3. The molecule has 0 aromatic heterocycles. The van der Waals surface area contributed by atoms with Crippen LogP contribution in [0.5, 0.6) is 0 Å². The number of allylic oxidation sites excluding steroid dienone is 1. The van der Waals surface area contributed by atoms with Crippen LogP contribution in [0.2, 0.25) is 5.02 Å². The van der Waals surface area contributed by atoms with Crippen LogP contribution in [0.25, 0.3) is 0 Å². The first-order valence-corrected chi connectivity index (χ1v) is 10.6. The van der Waals surface area contributed by atoms with Crippen molar-refractivity contribution in [3.05, 3.63) is 69.9 Å². The number of rotatable bonds is 5. The molecule has 0 spiro atoms. The lowest BCUT2D eigenvalue weighted by atomic mass is 9.93. The zero-order valence-corrected chi connectivity index (χ0v) is 17.3. The summed E-state index contributed by atoms with van der Waals surface area (Å²) in [6.07, 6.45) is 0.794. The molecule has 4 N–H and O–H groups in total. The van der Waals surface area contributed by atoms with Gasteiger partial charge in [-0.05, 0) is 42.2 Å². The molecule has 0 saturated heterocycles. The van der Waals surface area contributed by atoms with Crippen molar-refractivity contribution in [2.45, 2.75) is 23.8 Å². The minimum atomic E-state index is -1.13. The van der Waals surface area contributed by atoms with Crippen LogP contribution >= 0.6 is 23.4 Å². The van der Waals surface area contributed by atoms with Crippen molar-refractivity contribution < 1.29 is 19.5 Å². The molecule has 2 aliphatic heterocycles. The van der Waals surface area contributed by atoms with E-state index >= 15 is 0 Å². The number of urea groups is 1. The van der Waals surface area contributed by atoms with Gasteiger partial charge in [0.25, 0.3) is 0 Å². The number of aryl methyl sites for hydroxylation is 1. The number of carboxylic acid groups (broad SMARTS) is 1. The molecule has 0 fully saturated rings. The van der Waals surface area contributed by atoms with E-state index in [1.54, 1.807) is 18.2 Å². The van der Waals surface area contributed by atoms with Crippen LogP contribution in [0, 0.1) is 0 Å². The zero-order chi connectivity index (χ0) is 21.3. The van der Waals surface area contributed by atoms with E-state index in [9.17, 15) is 19.5 Å². The number of thioether (sulfide) groups is 1. The van der Waals surface area contributed by atoms with E-state index in [1.807, 2.05) is 24.3 Å². The topological polar surface area (TPSA) is 108 Å². The van der Waals surface area contributed by atoms with Crippen molar-refractivity contribution in [3.63, 3.8) is 0 Å². The Hall–Kier alpha value is -2.97. The number of anilines is 1. The van der Waals surface area contributed by atoms with Gasteiger partial charge in [0, 0.05) is 15.6 Å². The van der Waals surface area contributed by atoms with E-state index < -0.39 is 18.0 Å². The summed E-state index contributed by atoms with van der Waals surface area (Å²) in [6.45, 7) is 0. The van der Waals surface area contributed by atoms with Crippen molar-refractivity contribution in [1.82, 2.24) is 10.6 Å². The van der Waals surface area contributed by atoms with Gasteiger partial charge in [0.1, 0.15) is 0 Å². The molecular formula is C21H18ClN3O4S. The number of amides is 3. The van der Waals surface area contributed by atoms with Gasteiger partial charge in [-0.2, -0.15) is 0 Å². The zero-order valence-electron chi connectivity index (χ0n) is 15.7. The number of benzene rings is 2. The quantitative estimate of drug-likeness (QED) is 0.563. The van der Waals surface area contributed by atoms with E-state index in [0.29, 0.717) is 40.6 Å². The van der Waals surface area contributed by atoms with Gasteiger partial charge in [0.2, 0.25) is 5.91 Å². The second kappa shape index (κ2) is 8.41. The number of aliphatic carboxylic acids is 1. The Bertz CT molecular complexity index is 1090. The third-order valence-electron chi connectivity index (χ3n) is 4.96. The smallest absolute Gasteiger partial charge is 0.335 e. The maximum Gasteiger partial charge on any atom is 0.335 e. The number of halogens is 1. The first-order chi connectivity index (χ1) is 14.4. The number of hydrogen-bond donors (Lipinski definition) is 4. The second-order valence-corrected chi connectivity index (χ2v) is 8.34. The molecule has 2 aliphatic rings. The maximum absolute atomic E-state index is 12.3. The molecule has 30 heavy (non-hydrogen) atoms. The lowest BCUT2D eigenvalue weighted by Crippen LogP contribution is -2.45. The predicted octanol–water partition coefficient (Wildman–Crippen LogP) is 3.71. The second-order valence-electron chi connectivity index (χ2n) is 6.91. The van der Waals surface area contributed by atoms with E-state index in [0.717, 1.165) is 10.5 Å². The first-order valence-electron chi connectivity index (χ1n) is 9.26. The molecule has 0 radical (unpaired) electrons. The Morgan fingerprint density at radius 2 is 1.93 bits per heavy atom. The number of carboxylic acids is 1. The Labute approximate surface area is 181 Å². The monoisotopic (exact) mass is 443 g/mol. The molecule has 0 unspecified atom stereocenters. The van der Waals surface area contributed by atoms with E-state index in [4.69, 9.17) is 11.6 Å². The van der Waals surface area contributed by atoms with Crippen LogP contribution < -0.4 is 16.0 Å². The third-order valence-corrected chi connectivity index (χ3v) is 6.40. The van der Waals surface area contributed by atoms with Crippen LogP contribution in [-0.2, 0) is 16.0 Å². The lowest BCUT2D eigenvalue weighted by molar-refractivity contribution is -0.133. The van der Waals surface area contributed by atoms with Gasteiger partial charge in [-0.1, -0.05) is 35.9 Å². The molecule has 0 bridgehead atoms. The number of nitrogens with one attached hydrogen (secondary N) is 3. The predicted molar refractivity (Wildman–Crippen MR) is 115 cm³/mol. The molecular weight excluding hydrogens is 426 g/mol. The molecule has 7 nitrogen and oxygen atoms in total. The van der Waals surface area contributed by atoms with Gasteiger partial charge in [-0.15, -0.1) is 11.8 Å². The van der Waals surface area contributed by atoms with Gasteiger partial charge >= 0.3 is 12.0 Å². The largest absolute Gasteiger partial charge is 0.478 e. The molecule has 2 heterocycles. The van der Waals surface area contributed by atoms with E-state index in [-0.39, 0.29) is 11.5 Å². The van der Waals surface area contributed by atoms with Gasteiger partial charge in [0.05, 0.1) is 23.1 Å². The van der Waals surface area contributed by atoms with Crippen LogP contribution in [0.3, 0.4) is 0 Å². The normalized spacial score (nSPS) is 18.2. The Morgan fingerprint density at radius 1 is 1.13 bits per heavy atom. The van der Waals surface area contributed by atoms with Crippen molar-refractivity contribution >= 4 is 47.0 Å². The Balaban J connectivity index is 1.68. The molecule has 3 amide bonds. The van der Waals surface area contributed by atoms with Crippen LogP contribution in [-0.4, -0.2) is 28.8 Å². The van der Waals surface area contributed by atoms with Crippen molar-refractivity contribution in [2.75, 3.05) is 11.1 Å². The fourth-order valence-corrected chi connectivity index (χ4v) is 4.58. The summed E-state index contributed by atoms with van der Waals surface area (Å²) in [5.74, 6) is -0.908. The van der Waals surface area contributed by atoms with Crippen LogP contribution in [0.15, 0.2) is 58.6 Å². The Morgan fingerprint density at radius 3 is 2.70 bits per heavy atom. The molecule has 0 aliphatic carbocycles. The summed E-state index contributed by atoms with van der Waals surface area (Å²) in [7, 11) is 0. The fraction of sp³-hybridized carbons (Fsp3) is 0.190. The average Bonchev–Trinajstić information content (AvgIpc) is 2.71. The van der Waals surface area contributed by atoms with E-state index in [2.05, 4.69) is 16.0 Å². The van der Waals surface area contributed by atoms with Gasteiger partial charge in [0.15, 0.2) is 0 Å². The molecule has 0 saturated carbocycles. The summed E-state index contributed by atoms with van der Waals surface area (Å²) in [5, 5.41) is 18.6. The van der Waals surface area contributed by atoms with Crippen molar-refractivity contribution in [1.29, 1.82) is 0 Å². The number of fused-ring (bicyclic) bond motifs is 1. The lowest BCUT2D eigenvalue weighted by Gasteiger charge is -2.29. The fourth-order valence-electron chi connectivity index (χ4n) is 3.56. The first kappa shape index (κ1) is 20.3. The van der Waals surface area contributed by atoms with Gasteiger partial charge in [-0.25, -0.2) is 9.59 Å². The minimum absolute atomic E-state index is 0.0661. The summed E-state index contributed by atoms with van der Waals surface area (Å²) >= 11 is 7.62. The standard InChI is InChI=1S/C21H18ClN3O4S/c22-13-4-2-1-3-11(13)5-7-14-18(20(27)28)19(25-21(29)24-14)12-6-8-16-15(9-12)23-17(26)10-30-16/h1-4,6,8-9,19H,5,7,10H2,(H,23,26)(H,27,28)(H2,24,25,29)/t19-/m1/s1. The molecule has 4 rings (SSSR count). The minimum Gasteiger partial charge on any atom is -0.478 e. The number of hydrogen-bond acceptors (Lipinski definition) is 4. The van der Waals surface area contributed by atoms with Gasteiger partial charge < -0.3 is 21.1 Å². The Kier molecular flexibility index (Phi) is 5.69. The van der Waals surface area contributed by atoms with Gasteiger partial charge in [-0.3, -0.25) is 4.79 Å². The van der Waals surface area contributed by atoms with Crippen molar-refractivity contribution in [2.24, 2.45) is 0 Å². The summed E-state index contributed by atoms with van der Waals surface area (Å²) in [6, 6.07) is 11.3. The highest BCUT2D eigenvalue weighted by molar-refractivity contribution is 8.00.